The lowest BCUT2D eigenvalue weighted by atomic mass is 9.64. The van der Waals surface area contributed by atoms with Crippen molar-refractivity contribution in [2.45, 2.75) is 43.6 Å². The molecule has 1 N–H and O–H groups in total. The highest BCUT2D eigenvalue weighted by Crippen LogP contribution is 2.43. The minimum Gasteiger partial charge on any atom is -0.354 e. The number of thiophene rings is 1. The molecule has 1 saturated heterocycles. The van der Waals surface area contributed by atoms with E-state index in [9.17, 15) is 4.79 Å². The van der Waals surface area contributed by atoms with Crippen LogP contribution in [0.15, 0.2) is 47.8 Å². The number of carbonyl (C=O) groups is 1. The summed E-state index contributed by atoms with van der Waals surface area (Å²) in [5.74, 6) is 0.172. The molecule has 1 amide bonds. The van der Waals surface area contributed by atoms with E-state index in [1.54, 1.807) is 11.3 Å². The zero-order valence-corrected chi connectivity index (χ0v) is 15.4. The summed E-state index contributed by atoms with van der Waals surface area (Å²) in [4.78, 5) is 16.3. The summed E-state index contributed by atoms with van der Waals surface area (Å²) in [6, 6.07) is 15.4. The molecular formula is C21H26N2OS. The van der Waals surface area contributed by atoms with Crippen LogP contribution in [0.25, 0.3) is 0 Å². The van der Waals surface area contributed by atoms with Crippen LogP contribution in [-0.4, -0.2) is 30.4 Å². The number of nitrogens with one attached hydrogen (secondary N) is 1. The Hall–Kier alpha value is -1.65. The molecule has 1 saturated carbocycles. The van der Waals surface area contributed by atoms with E-state index < -0.39 is 0 Å². The maximum Gasteiger partial charge on any atom is 0.234 e. The van der Waals surface area contributed by atoms with Gasteiger partial charge in [0.15, 0.2) is 0 Å². The van der Waals surface area contributed by atoms with Crippen molar-refractivity contribution >= 4 is 17.2 Å². The first-order chi connectivity index (χ1) is 12.3. The van der Waals surface area contributed by atoms with Gasteiger partial charge in [0, 0.05) is 22.9 Å². The third-order valence-electron chi connectivity index (χ3n) is 5.90. The lowest BCUT2D eigenvalue weighted by Crippen LogP contribution is -2.47. The van der Waals surface area contributed by atoms with Crippen molar-refractivity contribution in [2.24, 2.45) is 0 Å². The number of carbonyl (C=O) groups excluding carboxylic acids is 1. The molecule has 0 bridgehead atoms. The number of nitrogens with zero attached hydrogens (tertiary/aromatic N) is 1. The molecule has 0 spiro atoms. The molecule has 2 aromatic rings. The van der Waals surface area contributed by atoms with Crippen LogP contribution in [-0.2, 0) is 10.2 Å². The minimum atomic E-state index is 0.162. The molecule has 3 nitrogen and oxygen atoms in total. The van der Waals surface area contributed by atoms with Gasteiger partial charge >= 0.3 is 0 Å². The van der Waals surface area contributed by atoms with Crippen molar-refractivity contribution < 1.29 is 4.79 Å². The molecule has 2 fully saturated rings. The van der Waals surface area contributed by atoms with Gasteiger partial charge in [0.1, 0.15) is 0 Å². The number of hydrogen-bond donors (Lipinski definition) is 1. The lowest BCUT2D eigenvalue weighted by molar-refractivity contribution is -0.122. The zero-order valence-electron chi connectivity index (χ0n) is 14.6. The van der Waals surface area contributed by atoms with Crippen LogP contribution in [0, 0.1) is 0 Å². The fraction of sp³-hybridized carbons (Fsp3) is 0.476. The van der Waals surface area contributed by atoms with Gasteiger partial charge in [-0.05, 0) is 49.2 Å². The van der Waals surface area contributed by atoms with Crippen LogP contribution in [0.5, 0.6) is 0 Å². The van der Waals surface area contributed by atoms with E-state index in [4.69, 9.17) is 0 Å². The Bertz CT molecular complexity index is 694. The Kier molecular flexibility index (Phi) is 4.91. The van der Waals surface area contributed by atoms with Crippen LogP contribution in [0.1, 0.15) is 48.6 Å². The summed E-state index contributed by atoms with van der Waals surface area (Å²) in [6.07, 6.45) is 5.97. The second-order valence-electron chi connectivity index (χ2n) is 7.42. The minimum absolute atomic E-state index is 0.162. The molecule has 1 atom stereocenters. The summed E-state index contributed by atoms with van der Waals surface area (Å²) in [5, 5.41) is 5.37. The average molecular weight is 355 g/mol. The average Bonchev–Trinajstić information content (AvgIpc) is 3.26. The molecule has 1 aromatic carbocycles. The molecule has 2 heterocycles. The van der Waals surface area contributed by atoms with Crippen LogP contribution in [0.2, 0.25) is 0 Å². The largest absolute Gasteiger partial charge is 0.354 e. The molecule has 25 heavy (non-hydrogen) atoms. The number of rotatable bonds is 6. The second kappa shape index (κ2) is 7.30. The summed E-state index contributed by atoms with van der Waals surface area (Å²) >= 11 is 1.81. The highest BCUT2D eigenvalue weighted by atomic mass is 32.1. The van der Waals surface area contributed by atoms with Gasteiger partial charge in [0.2, 0.25) is 5.91 Å². The SMILES string of the molecule is O=C(CN1CCCC1c1cccs1)NCC1(c2ccccc2)CCC1. The van der Waals surface area contributed by atoms with E-state index >= 15 is 0 Å². The molecule has 1 unspecified atom stereocenters. The second-order valence-corrected chi connectivity index (χ2v) is 8.40. The fourth-order valence-electron chi connectivity index (χ4n) is 4.29. The van der Waals surface area contributed by atoms with Gasteiger partial charge < -0.3 is 5.32 Å². The predicted octanol–water partition coefficient (Wildman–Crippen LogP) is 4.12. The number of likely N-dealkylation sites (tertiary alicyclic amines) is 1. The first-order valence-electron chi connectivity index (χ1n) is 9.37. The highest BCUT2D eigenvalue weighted by Gasteiger charge is 2.39. The molecule has 1 aromatic heterocycles. The van der Waals surface area contributed by atoms with Crippen LogP contribution < -0.4 is 5.32 Å². The van der Waals surface area contributed by atoms with E-state index in [2.05, 4.69) is 58.1 Å². The third-order valence-corrected chi connectivity index (χ3v) is 6.88. The van der Waals surface area contributed by atoms with E-state index in [1.165, 1.54) is 42.5 Å². The Morgan fingerprint density at radius 1 is 1.16 bits per heavy atom. The van der Waals surface area contributed by atoms with Gasteiger partial charge in [-0.2, -0.15) is 0 Å². The quantitative estimate of drug-likeness (QED) is 0.846. The van der Waals surface area contributed by atoms with Gasteiger partial charge in [-0.15, -0.1) is 11.3 Å². The molecule has 1 aliphatic carbocycles. The first kappa shape index (κ1) is 16.8. The van der Waals surface area contributed by atoms with Gasteiger partial charge in [-0.3, -0.25) is 9.69 Å². The van der Waals surface area contributed by atoms with Crippen molar-refractivity contribution in [2.75, 3.05) is 19.6 Å². The third kappa shape index (κ3) is 3.51. The first-order valence-corrected chi connectivity index (χ1v) is 10.2. The Morgan fingerprint density at radius 3 is 2.68 bits per heavy atom. The molecule has 0 radical (unpaired) electrons. The molecule has 1 aliphatic heterocycles. The van der Waals surface area contributed by atoms with Crippen molar-refractivity contribution in [1.82, 2.24) is 10.2 Å². The van der Waals surface area contributed by atoms with E-state index in [0.717, 1.165) is 13.1 Å². The van der Waals surface area contributed by atoms with Crippen molar-refractivity contribution in [3.63, 3.8) is 0 Å². The van der Waals surface area contributed by atoms with Crippen LogP contribution >= 0.6 is 11.3 Å². The van der Waals surface area contributed by atoms with Crippen molar-refractivity contribution in [3.8, 4) is 0 Å². The van der Waals surface area contributed by atoms with E-state index in [1.807, 2.05) is 0 Å². The van der Waals surface area contributed by atoms with Gasteiger partial charge in [-0.1, -0.05) is 42.8 Å². The fourth-order valence-corrected chi connectivity index (χ4v) is 5.18. The number of amides is 1. The molecule has 4 heteroatoms. The van der Waals surface area contributed by atoms with Gasteiger partial charge in [-0.25, -0.2) is 0 Å². The molecular weight excluding hydrogens is 328 g/mol. The van der Waals surface area contributed by atoms with Crippen LogP contribution in [0.4, 0.5) is 0 Å². The Balaban J connectivity index is 1.35. The maximum atomic E-state index is 12.6. The molecule has 4 rings (SSSR count). The van der Waals surface area contributed by atoms with Crippen molar-refractivity contribution in [3.05, 3.63) is 58.3 Å². The smallest absolute Gasteiger partial charge is 0.234 e. The monoisotopic (exact) mass is 354 g/mol. The molecule has 2 aliphatic rings. The highest BCUT2D eigenvalue weighted by molar-refractivity contribution is 7.10. The number of hydrogen-bond acceptors (Lipinski definition) is 3. The summed E-state index contributed by atoms with van der Waals surface area (Å²) < 4.78 is 0. The normalized spacial score (nSPS) is 22.5. The van der Waals surface area contributed by atoms with Crippen molar-refractivity contribution in [1.29, 1.82) is 0 Å². The molecule has 132 valence electrons. The Labute approximate surface area is 154 Å². The predicted molar refractivity (Wildman–Crippen MR) is 103 cm³/mol. The Morgan fingerprint density at radius 2 is 2.00 bits per heavy atom. The summed E-state index contributed by atoms with van der Waals surface area (Å²) in [7, 11) is 0. The van der Waals surface area contributed by atoms with Crippen LogP contribution in [0.3, 0.4) is 0 Å². The van der Waals surface area contributed by atoms with Gasteiger partial charge in [0.05, 0.1) is 6.54 Å². The summed E-state index contributed by atoms with van der Waals surface area (Å²) in [5.41, 5.74) is 1.54. The lowest BCUT2D eigenvalue weighted by Gasteiger charge is -2.42. The summed E-state index contributed by atoms with van der Waals surface area (Å²) in [6.45, 7) is 2.32. The maximum absolute atomic E-state index is 12.6. The standard InChI is InChI=1S/C21H26N2OS/c24-20(15-23-13-4-9-18(23)19-10-5-14-25-19)22-16-21(11-6-12-21)17-7-2-1-3-8-17/h1-3,5,7-8,10,14,18H,4,6,9,11-13,15-16H2,(H,22,24). The number of benzene rings is 1. The van der Waals surface area contributed by atoms with E-state index in [0.29, 0.717) is 12.6 Å². The van der Waals surface area contributed by atoms with E-state index in [-0.39, 0.29) is 11.3 Å². The zero-order chi connectivity index (χ0) is 17.1. The van der Waals surface area contributed by atoms with Gasteiger partial charge in [0.25, 0.3) is 0 Å². The topological polar surface area (TPSA) is 32.3 Å².